The van der Waals surface area contributed by atoms with Crippen molar-refractivity contribution in [2.75, 3.05) is 25.4 Å². The first kappa shape index (κ1) is 40.6. The number of carbonyl (C=O) groups is 4. The Kier molecular flexibility index (Phi) is 15.3. The van der Waals surface area contributed by atoms with Gasteiger partial charge in [0.25, 0.3) is 30.4 Å². The number of nitrogens with one attached hydrogen (secondary N) is 4. The van der Waals surface area contributed by atoms with Crippen LogP contribution in [0, 0.1) is 0 Å². The van der Waals surface area contributed by atoms with Gasteiger partial charge in [-0.15, -0.1) is 0 Å². The predicted octanol–water partition coefficient (Wildman–Crippen LogP) is -1.65. The van der Waals surface area contributed by atoms with E-state index < -0.39 is 95.5 Å². The van der Waals surface area contributed by atoms with Crippen LogP contribution in [0.3, 0.4) is 0 Å². The van der Waals surface area contributed by atoms with Crippen molar-refractivity contribution in [3.8, 4) is 0 Å². The highest BCUT2D eigenvalue weighted by Gasteiger charge is 2.49. The lowest BCUT2D eigenvalue weighted by Crippen LogP contribution is -2.65. The molecular formula is C24H38N4O13S3. The Hall–Kier alpha value is -3.43. The SMILES string of the molecule is C=C(C)C(=O)NCCOS(=O)(=O)CC(NC(=O)C(=C)C)C(C(NC(=O)C(=C)C)C(CNC(=O)C(=C)C)S(=O)(=O)O)S(=O)(=O)O. The molecule has 20 heteroatoms. The molecule has 6 N–H and O–H groups in total. The molecule has 250 valence electrons. The van der Waals surface area contributed by atoms with Crippen LogP contribution in [0.5, 0.6) is 0 Å². The summed E-state index contributed by atoms with van der Waals surface area (Å²) < 4.78 is 101. The lowest BCUT2D eigenvalue weighted by atomic mass is 10.0. The van der Waals surface area contributed by atoms with E-state index in [1.807, 2.05) is 10.6 Å². The third-order valence-corrected chi connectivity index (χ3v) is 9.37. The molecule has 0 bridgehead atoms. The van der Waals surface area contributed by atoms with Crippen LogP contribution in [0.4, 0.5) is 0 Å². The Labute approximate surface area is 256 Å². The minimum atomic E-state index is -5.67. The van der Waals surface area contributed by atoms with Crippen LogP contribution >= 0.6 is 0 Å². The normalized spacial score (nSPS) is 14.6. The molecule has 0 rings (SSSR count). The van der Waals surface area contributed by atoms with Crippen LogP contribution in [0.1, 0.15) is 27.7 Å². The second kappa shape index (κ2) is 16.6. The minimum Gasteiger partial charge on any atom is -0.351 e. The van der Waals surface area contributed by atoms with Crippen molar-refractivity contribution in [2.24, 2.45) is 0 Å². The van der Waals surface area contributed by atoms with Crippen molar-refractivity contribution < 1.29 is 57.7 Å². The fraction of sp³-hybridized carbons (Fsp3) is 0.500. The molecule has 4 unspecified atom stereocenters. The first-order valence-corrected chi connectivity index (χ1v) is 17.0. The van der Waals surface area contributed by atoms with Crippen molar-refractivity contribution in [3.05, 3.63) is 48.6 Å². The Morgan fingerprint density at radius 3 is 1.52 bits per heavy atom. The average Bonchev–Trinajstić information content (AvgIpc) is 2.83. The molecule has 0 saturated heterocycles. The van der Waals surface area contributed by atoms with Crippen molar-refractivity contribution in [1.29, 1.82) is 0 Å². The fourth-order valence-corrected chi connectivity index (χ4v) is 6.82. The van der Waals surface area contributed by atoms with Crippen molar-refractivity contribution >= 4 is 54.0 Å². The Bertz CT molecular complexity index is 1520. The zero-order valence-electron chi connectivity index (χ0n) is 24.6. The zero-order valence-corrected chi connectivity index (χ0v) is 27.0. The van der Waals surface area contributed by atoms with Crippen molar-refractivity contribution in [2.45, 2.75) is 50.3 Å². The average molecular weight is 687 g/mol. The summed E-state index contributed by atoms with van der Waals surface area (Å²) in [7, 11) is -16.0. The van der Waals surface area contributed by atoms with Crippen LogP contribution in [0.2, 0.25) is 0 Å². The summed E-state index contributed by atoms with van der Waals surface area (Å²) in [5.74, 6) is -5.40. The lowest BCUT2D eigenvalue weighted by molar-refractivity contribution is -0.118. The smallest absolute Gasteiger partial charge is 0.271 e. The van der Waals surface area contributed by atoms with Gasteiger partial charge in [0.2, 0.25) is 23.6 Å². The molecule has 0 aliphatic rings. The maximum atomic E-state index is 12.9. The molecule has 0 saturated carbocycles. The van der Waals surface area contributed by atoms with Gasteiger partial charge < -0.3 is 21.3 Å². The molecule has 0 radical (unpaired) electrons. The Morgan fingerprint density at radius 1 is 0.682 bits per heavy atom. The molecule has 0 aliphatic heterocycles. The van der Waals surface area contributed by atoms with E-state index in [0.29, 0.717) is 0 Å². The standard InChI is InChI=1S/C24H38N4O13S3/c1-13(2)21(29)25-9-10-41-42(33,34)12-17(27-23(31)15(5)6)20(44(38,39)40)19(28-24(32)16(7)8)18(43(35,36)37)11-26-22(30)14(3)4/h17-20H,1,3,5,7,9-12H2,2,4,6,8H3,(H,25,29)(H,26,30)(H,27,31)(H,28,32)(H,35,36,37)(H,38,39,40). The highest BCUT2D eigenvalue weighted by atomic mass is 32.2. The molecule has 0 fully saturated rings. The van der Waals surface area contributed by atoms with E-state index in [2.05, 4.69) is 36.9 Å². The molecule has 0 aromatic rings. The van der Waals surface area contributed by atoms with Crippen molar-refractivity contribution in [3.63, 3.8) is 0 Å². The van der Waals surface area contributed by atoms with E-state index >= 15 is 0 Å². The largest absolute Gasteiger partial charge is 0.351 e. The number of carbonyl (C=O) groups excluding carboxylic acids is 4. The molecule has 17 nitrogen and oxygen atoms in total. The lowest BCUT2D eigenvalue weighted by Gasteiger charge is -2.35. The van der Waals surface area contributed by atoms with E-state index in [9.17, 15) is 53.5 Å². The molecule has 0 heterocycles. The summed E-state index contributed by atoms with van der Waals surface area (Å²) in [4.78, 5) is 48.9. The first-order valence-electron chi connectivity index (χ1n) is 12.4. The van der Waals surface area contributed by atoms with Gasteiger partial charge in [0, 0.05) is 35.4 Å². The highest BCUT2D eigenvalue weighted by molar-refractivity contribution is 7.88. The summed E-state index contributed by atoms with van der Waals surface area (Å²) in [6.07, 6.45) is 0. The molecule has 44 heavy (non-hydrogen) atoms. The molecular weight excluding hydrogens is 648 g/mol. The third-order valence-electron chi connectivity index (χ3n) is 5.54. The van der Waals surface area contributed by atoms with Gasteiger partial charge >= 0.3 is 0 Å². The zero-order chi connectivity index (χ0) is 34.8. The van der Waals surface area contributed by atoms with Gasteiger partial charge in [-0.3, -0.25) is 32.5 Å². The molecule has 0 aliphatic carbocycles. The monoisotopic (exact) mass is 686 g/mol. The van der Waals surface area contributed by atoms with Crippen LogP contribution in [-0.2, 0) is 53.7 Å². The van der Waals surface area contributed by atoms with E-state index in [1.165, 1.54) is 13.8 Å². The summed E-state index contributed by atoms with van der Waals surface area (Å²) >= 11 is 0. The molecule has 0 spiro atoms. The van der Waals surface area contributed by atoms with Gasteiger partial charge in [-0.05, 0) is 27.7 Å². The van der Waals surface area contributed by atoms with Crippen LogP contribution in [0.25, 0.3) is 0 Å². The summed E-state index contributed by atoms with van der Waals surface area (Å²) in [6.45, 7) is 16.2. The van der Waals surface area contributed by atoms with Crippen LogP contribution in [0.15, 0.2) is 48.6 Å². The molecule has 0 aromatic heterocycles. The quantitative estimate of drug-likeness (QED) is 0.0385. The minimum absolute atomic E-state index is 0.0992. The topological polar surface area (TPSA) is 269 Å². The van der Waals surface area contributed by atoms with Gasteiger partial charge in [-0.1, -0.05) is 26.3 Å². The van der Waals surface area contributed by atoms with Gasteiger partial charge in [0.15, 0.2) is 0 Å². The number of hydrogen-bond acceptors (Lipinski definition) is 11. The third kappa shape index (κ3) is 13.9. The van der Waals surface area contributed by atoms with Gasteiger partial charge in [-0.2, -0.15) is 25.3 Å². The number of hydrogen-bond donors (Lipinski definition) is 6. The van der Waals surface area contributed by atoms with Crippen LogP contribution < -0.4 is 21.3 Å². The summed E-state index contributed by atoms with van der Waals surface area (Å²) in [6, 6.07) is -4.74. The summed E-state index contributed by atoms with van der Waals surface area (Å²) in [5.41, 5.74) is -0.642. The van der Waals surface area contributed by atoms with E-state index in [0.717, 1.165) is 13.8 Å². The fourth-order valence-electron chi connectivity index (χ4n) is 3.33. The first-order chi connectivity index (χ1) is 19.8. The van der Waals surface area contributed by atoms with Gasteiger partial charge in [0.05, 0.1) is 24.4 Å². The number of amides is 4. The molecule has 0 aromatic carbocycles. The van der Waals surface area contributed by atoms with E-state index in [1.54, 1.807) is 0 Å². The van der Waals surface area contributed by atoms with E-state index in [4.69, 9.17) is 4.18 Å². The predicted molar refractivity (Wildman–Crippen MR) is 160 cm³/mol. The Morgan fingerprint density at radius 2 is 1.11 bits per heavy atom. The maximum Gasteiger partial charge on any atom is 0.271 e. The van der Waals surface area contributed by atoms with Crippen molar-refractivity contribution in [1.82, 2.24) is 21.3 Å². The molecule has 4 atom stereocenters. The second-order valence-electron chi connectivity index (χ2n) is 9.75. The maximum absolute atomic E-state index is 12.9. The second-order valence-corrected chi connectivity index (χ2v) is 14.6. The summed E-state index contributed by atoms with van der Waals surface area (Å²) in [5, 5.41) is 3.12. The van der Waals surface area contributed by atoms with E-state index in [-0.39, 0.29) is 28.8 Å². The highest BCUT2D eigenvalue weighted by Crippen LogP contribution is 2.21. The van der Waals surface area contributed by atoms with Crippen LogP contribution in [-0.4, -0.2) is 106 Å². The van der Waals surface area contributed by atoms with Gasteiger partial charge in [-0.25, -0.2) is 0 Å². The molecule has 4 amide bonds. The van der Waals surface area contributed by atoms with Gasteiger partial charge in [0.1, 0.15) is 10.5 Å². The number of rotatable bonds is 19. The Balaban J connectivity index is 7.07.